The molecule has 38 heavy (non-hydrogen) atoms. The molecule has 2 saturated heterocycles. The van der Waals surface area contributed by atoms with Crippen LogP contribution in [0.25, 0.3) is 11.1 Å². The lowest BCUT2D eigenvalue weighted by Gasteiger charge is -2.29. The highest BCUT2D eigenvalue weighted by Crippen LogP contribution is 2.44. The number of halogens is 3. The van der Waals surface area contributed by atoms with Crippen LogP contribution < -0.4 is 0 Å². The molecule has 0 bridgehead atoms. The fourth-order valence-electron chi connectivity index (χ4n) is 4.82. The molecule has 3 aromatic rings. The largest absolute Gasteiger partial charge is 0.451 e. The summed E-state index contributed by atoms with van der Waals surface area (Å²) in [6.07, 6.45) is -8.60. The van der Waals surface area contributed by atoms with E-state index >= 15 is 0 Å². The van der Waals surface area contributed by atoms with E-state index in [1.807, 2.05) is 30.3 Å². The standard InChI is InChI=1S/C29H27F3O6/c1-28(2)37-24-23(36-27(34-3)25(24)38-28)22(19-13-15-21(16-14-19)29(30,31)32)35-26(33)20-11-9-18(10-12-20)17-7-5-4-6-8-17/h4-16,22-25,27H,1-3H3/t22?,23-,24-,25-,27-/m1/s1. The van der Waals surface area contributed by atoms with Gasteiger partial charge < -0.3 is 23.7 Å². The summed E-state index contributed by atoms with van der Waals surface area (Å²) in [6, 6.07) is 21.0. The van der Waals surface area contributed by atoms with Crippen LogP contribution in [0.5, 0.6) is 0 Å². The van der Waals surface area contributed by atoms with Crippen LogP contribution in [0, 0.1) is 0 Å². The summed E-state index contributed by atoms with van der Waals surface area (Å²) < 4.78 is 69.0. The minimum absolute atomic E-state index is 0.281. The molecule has 5 atom stereocenters. The molecular formula is C29H27F3O6. The maximum Gasteiger partial charge on any atom is 0.416 e. The van der Waals surface area contributed by atoms with Crippen molar-refractivity contribution in [3.8, 4) is 11.1 Å². The molecule has 6 nitrogen and oxygen atoms in total. The predicted octanol–water partition coefficient (Wildman–Crippen LogP) is 6.16. The maximum atomic E-state index is 13.3. The van der Waals surface area contributed by atoms with Gasteiger partial charge in [-0.3, -0.25) is 0 Å². The summed E-state index contributed by atoms with van der Waals surface area (Å²) in [4.78, 5) is 13.3. The molecule has 0 spiro atoms. The molecule has 0 amide bonds. The number of esters is 1. The van der Waals surface area contributed by atoms with Crippen LogP contribution in [0.2, 0.25) is 0 Å². The van der Waals surface area contributed by atoms with E-state index in [1.54, 1.807) is 38.1 Å². The van der Waals surface area contributed by atoms with Crippen LogP contribution >= 0.6 is 0 Å². The minimum atomic E-state index is -4.51. The number of benzene rings is 3. The Hall–Kier alpha value is -3.24. The van der Waals surface area contributed by atoms with Gasteiger partial charge in [-0.1, -0.05) is 54.6 Å². The van der Waals surface area contributed by atoms with Crippen molar-refractivity contribution in [2.24, 2.45) is 0 Å². The number of ether oxygens (including phenoxy) is 5. The number of carbonyl (C=O) groups excluding carboxylic acids is 1. The molecule has 3 aromatic carbocycles. The lowest BCUT2D eigenvalue weighted by Crippen LogP contribution is -2.36. The summed E-state index contributed by atoms with van der Waals surface area (Å²) >= 11 is 0. The van der Waals surface area contributed by atoms with Crippen LogP contribution in [0.15, 0.2) is 78.9 Å². The Balaban J connectivity index is 1.44. The Labute approximate surface area is 218 Å². The molecule has 0 saturated carbocycles. The van der Waals surface area contributed by atoms with Crippen LogP contribution in [0.3, 0.4) is 0 Å². The second-order valence-corrected chi connectivity index (χ2v) is 9.66. The van der Waals surface area contributed by atoms with Crippen molar-refractivity contribution < 1.29 is 41.7 Å². The van der Waals surface area contributed by atoms with Gasteiger partial charge in [0, 0.05) is 7.11 Å². The fourth-order valence-corrected chi connectivity index (χ4v) is 4.82. The van der Waals surface area contributed by atoms with Crippen molar-refractivity contribution in [2.45, 2.75) is 56.5 Å². The number of carbonyl (C=O) groups is 1. The molecule has 0 aromatic heterocycles. The summed E-state index contributed by atoms with van der Waals surface area (Å²) in [5, 5.41) is 0. The highest BCUT2D eigenvalue weighted by atomic mass is 19.4. The Morgan fingerprint density at radius 1 is 0.868 bits per heavy atom. The Bertz CT molecular complexity index is 1260. The molecule has 2 aliphatic heterocycles. The van der Waals surface area contributed by atoms with E-state index in [9.17, 15) is 18.0 Å². The number of fused-ring (bicyclic) bond motifs is 1. The zero-order valence-corrected chi connectivity index (χ0v) is 21.0. The summed E-state index contributed by atoms with van der Waals surface area (Å²) in [6.45, 7) is 3.48. The van der Waals surface area contributed by atoms with Gasteiger partial charge in [0.2, 0.25) is 0 Å². The SMILES string of the molecule is CO[C@@H]1O[C@H](C(OC(=O)c2ccc(-c3ccccc3)cc2)c2ccc(C(F)(F)F)cc2)[C@H]2OC(C)(C)O[C@@H]12. The quantitative estimate of drug-likeness (QED) is 0.357. The van der Waals surface area contributed by atoms with E-state index in [1.165, 1.54) is 19.2 Å². The van der Waals surface area contributed by atoms with E-state index < -0.39 is 54.2 Å². The van der Waals surface area contributed by atoms with Crippen molar-refractivity contribution in [2.75, 3.05) is 7.11 Å². The van der Waals surface area contributed by atoms with Crippen molar-refractivity contribution in [3.63, 3.8) is 0 Å². The number of methoxy groups -OCH3 is 1. The monoisotopic (exact) mass is 528 g/mol. The van der Waals surface area contributed by atoms with E-state index in [2.05, 4.69) is 0 Å². The lowest BCUT2D eigenvalue weighted by molar-refractivity contribution is -0.237. The van der Waals surface area contributed by atoms with E-state index in [0.717, 1.165) is 23.3 Å². The average molecular weight is 529 g/mol. The third-order valence-electron chi connectivity index (χ3n) is 6.61. The van der Waals surface area contributed by atoms with Gasteiger partial charge in [0.25, 0.3) is 0 Å². The zero-order valence-electron chi connectivity index (χ0n) is 21.0. The van der Waals surface area contributed by atoms with Crippen LogP contribution in [0.4, 0.5) is 13.2 Å². The molecule has 200 valence electrons. The third kappa shape index (κ3) is 5.33. The summed E-state index contributed by atoms with van der Waals surface area (Å²) in [5.41, 5.74) is 1.70. The molecule has 0 N–H and O–H groups in total. The van der Waals surface area contributed by atoms with Gasteiger partial charge in [0.1, 0.15) is 18.3 Å². The molecule has 1 unspecified atom stereocenters. The van der Waals surface area contributed by atoms with Crippen LogP contribution in [0.1, 0.15) is 41.4 Å². The zero-order chi connectivity index (χ0) is 27.1. The Morgan fingerprint density at radius 2 is 1.47 bits per heavy atom. The van der Waals surface area contributed by atoms with Gasteiger partial charge in [0.05, 0.1) is 11.1 Å². The lowest BCUT2D eigenvalue weighted by atomic mass is 9.97. The summed E-state index contributed by atoms with van der Waals surface area (Å²) in [5.74, 6) is -1.61. The minimum Gasteiger partial charge on any atom is -0.451 e. The molecule has 9 heteroatoms. The first-order chi connectivity index (χ1) is 18.1. The van der Waals surface area contributed by atoms with Gasteiger partial charge in [-0.25, -0.2) is 4.79 Å². The van der Waals surface area contributed by atoms with Gasteiger partial charge in [-0.2, -0.15) is 13.2 Å². The second kappa shape index (κ2) is 10.1. The summed E-state index contributed by atoms with van der Waals surface area (Å²) in [7, 11) is 1.45. The average Bonchev–Trinajstić information content (AvgIpc) is 3.40. The van der Waals surface area contributed by atoms with Crippen molar-refractivity contribution in [1.82, 2.24) is 0 Å². The molecule has 2 fully saturated rings. The molecular weight excluding hydrogens is 501 g/mol. The number of hydrogen-bond acceptors (Lipinski definition) is 6. The van der Waals surface area contributed by atoms with E-state index in [-0.39, 0.29) is 5.56 Å². The normalized spacial score (nSPS) is 25.1. The molecule has 5 rings (SSSR count). The van der Waals surface area contributed by atoms with Crippen molar-refractivity contribution in [1.29, 1.82) is 0 Å². The smallest absolute Gasteiger partial charge is 0.416 e. The molecule has 0 aliphatic carbocycles. The highest BCUT2D eigenvalue weighted by molar-refractivity contribution is 5.90. The van der Waals surface area contributed by atoms with Crippen molar-refractivity contribution in [3.05, 3.63) is 95.6 Å². The van der Waals surface area contributed by atoms with Gasteiger partial charge in [-0.15, -0.1) is 0 Å². The van der Waals surface area contributed by atoms with Crippen LogP contribution in [-0.2, 0) is 29.9 Å². The Kier molecular flexibility index (Phi) is 7.04. The van der Waals surface area contributed by atoms with Gasteiger partial charge in [-0.05, 0) is 54.8 Å². The molecule has 2 aliphatic rings. The molecule has 0 radical (unpaired) electrons. The first-order valence-electron chi connectivity index (χ1n) is 12.1. The predicted molar refractivity (Wildman–Crippen MR) is 131 cm³/mol. The van der Waals surface area contributed by atoms with Gasteiger partial charge >= 0.3 is 12.1 Å². The van der Waals surface area contributed by atoms with Crippen LogP contribution in [-0.4, -0.2) is 43.5 Å². The highest BCUT2D eigenvalue weighted by Gasteiger charge is 2.58. The fraction of sp³-hybridized carbons (Fsp3) is 0.345. The van der Waals surface area contributed by atoms with E-state index in [4.69, 9.17) is 23.7 Å². The van der Waals surface area contributed by atoms with E-state index in [0.29, 0.717) is 5.56 Å². The Morgan fingerprint density at radius 3 is 2.08 bits per heavy atom. The first-order valence-corrected chi connectivity index (χ1v) is 12.1. The first kappa shape index (κ1) is 26.4. The number of hydrogen-bond donors (Lipinski definition) is 0. The van der Waals surface area contributed by atoms with Gasteiger partial charge in [0.15, 0.2) is 18.2 Å². The number of rotatable bonds is 6. The van der Waals surface area contributed by atoms with Crippen molar-refractivity contribution >= 4 is 5.97 Å². The third-order valence-corrected chi connectivity index (χ3v) is 6.61. The maximum absolute atomic E-state index is 13.3. The molecule has 2 heterocycles. The topological polar surface area (TPSA) is 63.2 Å². The second-order valence-electron chi connectivity index (χ2n) is 9.66. The number of alkyl halides is 3.